The molecule has 3 rings (SSSR count). The highest BCUT2D eigenvalue weighted by molar-refractivity contribution is 6.38. The van der Waals surface area contributed by atoms with Gasteiger partial charge in [-0.3, -0.25) is 4.99 Å². The number of halogens is 2. The van der Waals surface area contributed by atoms with Gasteiger partial charge in [0.25, 0.3) is 5.92 Å². The summed E-state index contributed by atoms with van der Waals surface area (Å²) < 4.78 is 37.1. The normalized spacial score (nSPS) is 22.2. The van der Waals surface area contributed by atoms with E-state index in [0.29, 0.717) is 25.5 Å². The quantitative estimate of drug-likeness (QED) is 0.362. The Morgan fingerprint density at radius 3 is 2.55 bits per heavy atom. The van der Waals surface area contributed by atoms with Gasteiger partial charge < -0.3 is 15.3 Å². The van der Waals surface area contributed by atoms with Gasteiger partial charge in [-0.1, -0.05) is 31.8 Å². The van der Waals surface area contributed by atoms with Crippen molar-refractivity contribution in [2.24, 2.45) is 27.3 Å². The lowest BCUT2D eigenvalue weighted by molar-refractivity contribution is -0.215. The molecule has 2 fully saturated rings. The maximum atomic E-state index is 12.9. The van der Waals surface area contributed by atoms with Crippen molar-refractivity contribution in [2.75, 3.05) is 19.8 Å². The highest BCUT2D eigenvalue weighted by atomic mass is 19.3. The minimum Gasteiger partial charge on any atom is -0.350 e. The average Bonchev–Trinajstić information content (AvgIpc) is 2.63. The molecule has 0 aromatic heterocycles. The monoisotopic (exact) mass is 403 g/mol. The minimum atomic E-state index is -2.55. The number of ether oxygens (including phenoxy) is 2. The van der Waals surface area contributed by atoms with Crippen LogP contribution in [0.1, 0.15) is 43.4 Å². The van der Waals surface area contributed by atoms with Crippen molar-refractivity contribution >= 4 is 11.9 Å². The molecule has 2 aliphatic rings. The first-order valence-electron chi connectivity index (χ1n) is 9.69. The van der Waals surface area contributed by atoms with E-state index in [0.717, 1.165) is 16.7 Å². The fraction of sp³-hybridized carbons (Fsp3) is 0.545. The molecule has 1 aromatic carbocycles. The number of benzene rings is 1. The van der Waals surface area contributed by atoms with Gasteiger partial charge in [-0.25, -0.2) is 8.78 Å². The summed E-state index contributed by atoms with van der Waals surface area (Å²) in [4.78, 5) is 4.36. The second-order valence-electron chi connectivity index (χ2n) is 8.48. The van der Waals surface area contributed by atoms with E-state index in [2.05, 4.69) is 35.8 Å². The van der Waals surface area contributed by atoms with Gasteiger partial charge in [0.05, 0.1) is 19.8 Å². The van der Waals surface area contributed by atoms with Gasteiger partial charge in [0.2, 0.25) is 0 Å². The van der Waals surface area contributed by atoms with Crippen molar-refractivity contribution in [3.8, 4) is 11.8 Å². The van der Waals surface area contributed by atoms with Gasteiger partial charge >= 0.3 is 0 Å². The summed E-state index contributed by atoms with van der Waals surface area (Å²) in [5, 5.41) is 3.83. The van der Waals surface area contributed by atoms with Gasteiger partial charge in [-0.15, -0.1) is 0 Å². The van der Waals surface area contributed by atoms with Crippen molar-refractivity contribution in [1.82, 2.24) is 0 Å². The SMILES string of the molecule is Cc1cc(C#CC2CC(F)(F)C2)ccc1/C(C=NCC1OCC(C)(C)CO1)=N/N. The molecule has 2 N–H and O–H groups in total. The molecule has 1 saturated heterocycles. The van der Waals surface area contributed by atoms with E-state index in [-0.39, 0.29) is 30.5 Å². The molecule has 1 saturated carbocycles. The Kier molecular flexibility index (Phi) is 6.35. The third-order valence-corrected chi connectivity index (χ3v) is 4.94. The minimum absolute atomic E-state index is 0.0192. The smallest absolute Gasteiger partial charge is 0.250 e. The van der Waals surface area contributed by atoms with Crippen LogP contribution in [0.15, 0.2) is 28.3 Å². The maximum Gasteiger partial charge on any atom is 0.250 e. The maximum absolute atomic E-state index is 12.9. The van der Waals surface area contributed by atoms with Crippen LogP contribution in [0.5, 0.6) is 0 Å². The zero-order valence-corrected chi connectivity index (χ0v) is 17.0. The molecule has 29 heavy (non-hydrogen) atoms. The number of hydrazone groups is 1. The number of rotatable bonds is 4. The van der Waals surface area contributed by atoms with Gasteiger partial charge in [-0.2, -0.15) is 5.10 Å². The molecule has 5 nitrogen and oxygen atoms in total. The van der Waals surface area contributed by atoms with Crippen molar-refractivity contribution in [2.45, 2.75) is 45.8 Å². The zero-order valence-electron chi connectivity index (χ0n) is 17.0. The Morgan fingerprint density at radius 2 is 1.97 bits per heavy atom. The first-order valence-corrected chi connectivity index (χ1v) is 9.69. The lowest BCUT2D eigenvalue weighted by atomic mass is 9.82. The molecule has 1 heterocycles. The van der Waals surface area contributed by atoms with Crippen LogP contribution in [0.4, 0.5) is 8.78 Å². The van der Waals surface area contributed by atoms with Crippen LogP contribution >= 0.6 is 0 Å². The van der Waals surface area contributed by atoms with Crippen LogP contribution < -0.4 is 5.84 Å². The van der Waals surface area contributed by atoms with E-state index in [1.165, 1.54) is 0 Å². The summed E-state index contributed by atoms with van der Waals surface area (Å²) in [6.07, 6.45) is 0.944. The Labute approximate surface area is 170 Å². The molecule has 0 unspecified atom stereocenters. The summed E-state index contributed by atoms with van der Waals surface area (Å²) >= 11 is 0. The van der Waals surface area contributed by atoms with E-state index in [4.69, 9.17) is 15.3 Å². The molecule has 1 aliphatic carbocycles. The molecule has 1 aromatic rings. The lowest BCUT2D eigenvalue weighted by Crippen LogP contribution is -2.39. The zero-order chi connectivity index (χ0) is 21.1. The molecule has 1 aliphatic heterocycles. The molecule has 0 spiro atoms. The van der Waals surface area contributed by atoms with Crippen LogP contribution in [-0.2, 0) is 9.47 Å². The highest BCUT2D eigenvalue weighted by Crippen LogP contribution is 2.41. The Hall–Kier alpha value is -2.30. The van der Waals surface area contributed by atoms with Crippen LogP contribution in [0.2, 0.25) is 0 Å². The number of hydrogen-bond acceptors (Lipinski definition) is 5. The summed E-state index contributed by atoms with van der Waals surface area (Å²) in [5.41, 5.74) is 3.10. The number of hydrogen-bond donors (Lipinski definition) is 1. The van der Waals surface area contributed by atoms with Crippen molar-refractivity contribution in [1.29, 1.82) is 0 Å². The average molecular weight is 403 g/mol. The van der Waals surface area contributed by atoms with Crippen LogP contribution in [0.25, 0.3) is 0 Å². The number of alkyl halides is 2. The number of aryl methyl sites for hydroxylation is 1. The Balaban J connectivity index is 1.59. The summed E-state index contributed by atoms with van der Waals surface area (Å²) in [6, 6.07) is 5.59. The lowest BCUT2D eigenvalue weighted by Gasteiger charge is -2.33. The van der Waals surface area contributed by atoms with E-state index < -0.39 is 5.92 Å². The van der Waals surface area contributed by atoms with Crippen molar-refractivity contribution in [3.05, 3.63) is 34.9 Å². The largest absolute Gasteiger partial charge is 0.350 e. The number of aliphatic imine (C=N–C) groups is 1. The van der Waals surface area contributed by atoms with Gasteiger partial charge in [-0.05, 0) is 24.6 Å². The van der Waals surface area contributed by atoms with Crippen LogP contribution in [0, 0.1) is 30.1 Å². The predicted molar refractivity (Wildman–Crippen MR) is 109 cm³/mol. The Morgan fingerprint density at radius 1 is 1.28 bits per heavy atom. The molecule has 0 atom stereocenters. The highest BCUT2D eigenvalue weighted by Gasteiger charge is 2.44. The number of nitrogens with two attached hydrogens (primary N) is 1. The van der Waals surface area contributed by atoms with Crippen molar-refractivity contribution < 1.29 is 18.3 Å². The molecule has 156 valence electrons. The third kappa shape index (κ3) is 5.84. The van der Waals surface area contributed by atoms with Gasteiger partial charge in [0, 0.05) is 41.5 Å². The van der Waals surface area contributed by atoms with Crippen LogP contribution in [-0.4, -0.2) is 43.9 Å². The molecule has 0 bridgehead atoms. The first-order chi connectivity index (χ1) is 13.7. The molecular formula is C22H27F2N3O2. The van der Waals surface area contributed by atoms with E-state index in [1.807, 2.05) is 25.1 Å². The fourth-order valence-electron chi connectivity index (χ4n) is 3.21. The summed E-state index contributed by atoms with van der Waals surface area (Å²) in [7, 11) is 0. The first kappa shape index (κ1) is 21.4. The summed E-state index contributed by atoms with van der Waals surface area (Å²) in [5.74, 6) is 8.67. The summed E-state index contributed by atoms with van der Waals surface area (Å²) in [6.45, 7) is 7.72. The Bertz CT molecular complexity index is 851. The topological polar surface area (TPSA) is 69.2 Å². The van der Waals surface area contributed by atoms with Gasteiger partial charge in [0.15, 0.2) is 6.29 Å². The molecule has 0 amide bonds. The second-order valence-corrected chi connectivity index (χ2v) is 8.48. The van der Waals surface area contributed by atoms with E-state index in [9.17, 15) is 8.78 Å². The standard InChI is InChI=1S/C22H27F2N3O2/c1-15-8-16(4-5-17-9-22(23,24)10-17)6-7-18(15)19(27-25)11-26-12-20-28-13-21(2,3)14-29-20/h6-8,11,17,20H,9-10,12-14,25H2,1-3H3/b26-11?,27-19+. The van der Waals surface area contributed by atoms with E-state index in [1.54, 1.807) is 6.21 Å². The second kappa shape index (κ2) is 8.60. The van der Waals surface area contributed by atoms with E-state index >= 15 is 0 Å². The van der Waals surface area contributed by atoms with Gasteiger partial charge in [0.1, 0.15) is 5.71 Å². The fourth-order valence-corrected chi connectivity index (χ4v) is 3.21. The third-order valence-electron chi connectivity index (χ3n) is 4.94. The molecule has 7 heteroatoms. The molecule has 0 radical (unpaired) electrons. The molecular weight excluding hydrogens is 376 g/mol. The number of nitrogens with zero attached hydrogens (tertiary/aromatic N) is 2. The predicted octanol–water partition coefficient (Wildman–Crippen LogP) is 3.52. The van der Waals surface area contributed by atoms with Crippen LogP contribution in [0.3, 0.4) is 0 Å². The van der Waals surface area contributed by atoms with Crippen molar-refractivity contribution in [3.63, 3.8) is 0 Å².